The largest absolute Gasteiger partial charge is 0.496 e. The predicted molar refractivity (Wildman–Crippen MR) is 112 cm³/mol. The molecule has 0 saturated carbocycles. The number of methoxy groups -OCH3 is 1. The lowest BCUT2D eigenvalue weighted by atomic mass is 10.1. The molecule has 0 fully saturated rings. The predicted octanol–water partition coefficient (Wildman–Crippen LogP) is 3.13. The molecule has 158 valence electrons. The fourth-order valence-corrected chi connectivity index (χ4v) is 4.38. The Bertz CT molecular complexity index is 917. The van der Waals surface area contributed by atoms with E-state index in [0.29, 0.717) is 13.0 Å². The highest BCUT2D eigenvalue weighted by Gasteiger charge is 2.31. The first kappa shape index (κ1) is 22.7. The van der Waals surface area contributed by atoms with E-state index in [1.165, 1.54) is 24.3 Å². The van der Waals surface area contributed by atoms with Crippen LogP contribution in [-0.4, -0.2) is 40.3 Å². The number of sulfonamides is 1. The molecule has 1 atom stereocenters. The van der Waals surface area contributed by atoms with Crippen LogP contribution in [0.25, 0.3) is 0 Å². The number of benzene rings is 2. The van der Waals surface area contributed by atoms with Crippen LogP contribution in [0.1, 0.15) is 25.3 Å². The van der Waals surface area contributed by atoms with E-state index in [1.54, 1.807) is 14.0 Å². The van der Waals surface area contributed by atoms with Gasteiger partial charge in [0.1, 0.15) is 17.6 Å². The van der Waals surface area contributed by atoms with Gasteiger partial charge in [0, 0.05) is 6.54 Å². The first-order valence-corrected chi connectivity index (χ1v) is 11.3. The molecule has 1 unspecified atom stereocenters. The van der Waals surface area contributed by atoms with Crippen LogP contribution >= 0.6 is 0 Å². The number of rotatable bonds is 10. The molecule has 0 bridgehead atoms. The molecule has 0 radical (unpaired) electrons. The van der Waals surface area contributed by atoms with Crippen molar-refractivity contribution in [3.05, 3.63) is 59.9 Å². The molecule has 0 aliphatic rings. The van der Waals surface area contributed by atoms with Crippen LogP contribution < -0.4 is 14.4 Å². The van der Waals surface area contributed by atoms with E-state index < -0.39 is 21.9 Å². The van der Waals surface area contributed by atoms with E-state index in [-0.39, 0.29) is 18.0 Å². The van der Waals surface area contributed by atoms with Gasteiger partial charge >= 0.3 is 0 Å². The molecule has 0 heterocycles. The highest BCUT2D eigenvalue weighted by molar-refractivity contribution is 7.92. The number of hydrogen-bond donors (Lipinski definition) is 1. The summed E-state index contributed by atoms with van der Waals surface area (Å²) in [5, 5.41) is 2.82. The summed E-state index contributed by atoms with van der Waals surface area (Å²) < 4.78 is 44.3. The third kappa shape index (κ3) is 6.19. The second-order valence-electron chi connectivity index (χ2n) is 6.67. The maximum atomic E-state index is 13.2. The second kappa shape index (κ2) is 10.2. The number of halogens is 1. The van der Waals surface area contributed by atoms with Crippen LogP contribution in [0, 0.1) is 5.82 Å². The summed E-state index contributed by atoms with van der Waals surface area (Å²) in [6.45, 7) is 2.13. The minimum Gasteiger partial charge on any atom is -0.496 e. The summed E-state index contributed by atoms with van der Waals surface area (Å²) in [6.07, 6.45) is 2.71. The molecule has 0 spiro atoms. The number of anilines is 1. The molecular weight excluding hydrogens is 395 g/mol. The molecule has 2 aromatic rings. The number of aryl methyl sites for hydroxylation is 1. The Morgan fingerprint density at radius 3 is 2.41 bits per heavy atom. The number of nitrogens with zero attached hydrogens (tertiary/aromatic N) is 1. The Morgan fingerprint density at radius 1 is 1.17 bits per heavy atom. The Kier molecular flexibility index (Phi) is 8.01. The second-order valence-corrected chi connectivity index (χ2v) is 8.53. The standard InChI is InChI=1S/C21H27FN2O4S/c1-4-19(24(29(3,26)27)18-13-11-17(22)12-14-18)21(25)23-15-7-9-16-8-5-6-10-20(16)28-2/h5-6,8,10-14,19H,4,7,9,15H2,1-3H3,(H,23,25). The van der Waals surface area contributed by atoms with Crippen LogP contribution in [0.2, 0.25) is 0 Å². The lowest BCUT2D eigenvalue weighted by molar-refractivity contribution is -0.122. The summed E-state index contributed by atoms with van der Waals surface area (Å²) in [5.74, 6) is -0.0665. The number of nitrogens with one attached hydrogen (secondary N) is 1. The van der Waals surface area contributed by atoms with Gasteiger partial charge in [-0.2, -0.15) is 0 Å². The summed E-state index contributed by atoms with van der Waals surface area (Å²) in [7, 11) is -2.12. The van der Waals surface area contributed by atoms with Crippen molar-refractivity contribution in [2.45, 2.75) is 32.2 Å². The smallest absolute Gasteiger partial charge is 0.243 e. The molecule has 0 aliphatic heterocycles. The fourth-order valence-electron chi connectivity index (χ4n) is 3.17. The average molecular weight is 423 g/mol. The first-order valence-electron chi connectivity index (χ1n) is 9.42. The third-order valence-electron chi connectivity index (χ3n) is 4.53. The molecule has 2 rings (SSSR count). The SMILES string of the molecule is CCC(C(=O)NCCCc1ccccc1OC)N(c1ccc(F)cc1)S(C)(=O)=O. The fraction of sp³-hybridized carbons (Fsp3) is 0.381. The van der Waals surface area contributed by atoms with Crippen molar-refractivity contribution in [1.82, 2.24) is 5.32 Å². The minimum atomic E-state index is -3.74. The number of hydrogen-bond acceptors (Lipinski definition) is 4. The van der Waals surface area contributed by atoms with Gasteiger partial charge in [-0.25, -0.2) is 12.8 Å². The normalized spacial score (nSPS) is 12.3. The molecular formula is C21H27FN2O4S. The molecule has 0 saturated heterocycles. The van der Waals surface area contributed by atoms with Gasteiger partial charge in [0.15, 0.2) is 0 Å². The first-order chi connectivity index (χ1) is 13.8. The van der Waals surface area contributed by atoms with Crippen molar-refractivity contribution in [1.29, 1.82) is 0 Å². The van der Waals surface area contributed by atoms with Gasteiger partial charge < -0.3 is 10.1 Å². The molecule has 29 heavy (non-hydrogen) atoms. The Labute approximate surface area is 171 Å². The van der Waals surface area contributed by atoms with Crippen molar-refractivity contribution in [2.24, 2.45) is 0 Å². The van der Waals surface area contributed by atoms with Crippen LogP contribution in [0.4, 0.5) is 10.1 Å². The van der Waals surface area contributed by atoms with Gasteiger partial charge in [-0.3, -0.25) is 9.10 Å². The zero-order valence-corrected chi connectivity index (χ0v) is 17.7. The molecule has 1 N–H and O–H groups in total. The van der Waals surface area contributed by atoms with E-state index in [4.69, 9.17) is 4.74 Å². The van der Waals surface area contributed by atoms with E-state index in [0.717, 1.165) is 28.3 Å². The number of carbonyl (C=O) groups excluding carboxylic acids is 1. The zero-order valence-electron chi connectivity index (χ0n) is 16.9. The van der Waals surface area contributed by atoms with Crippen molar-refractivity contribution >= 4 is 21.6 Å². The molecule has 8 heteroatoms. The van der Waals surface area contributed by atoms with Crippen LogP contribution in [-0.2, 0) is 21.2 Å². The van der Waals surface area contributed by atoms with Crippen LogP contribution in [0.5, 0.6) is 5.75 Å². The van der Waals surface area contributed by atoms with Gasteiger partial charge in [0.05, 0.1) is 19.1 Å². The van der Waals surface area contributed by atoms with Crippen molar-refractivity contribution in [3.63, 3.8) is 0 Å². The molecule has 2 aromatic carbocycles. The summed E-state index contributed by atoms with van der Waals surface area (Å²) >= 11 is 0. The summed E-state index contributed by atoms with van der Waals surface area (Å²) in [5.41, 5.74) is 1.30. The molecule has 1 amide bonds. The monoisotopic (exact) mass is 422 g/mol. The molecule has 6 nitrogen and oxygen atoms in total. The lowest BCUT2D eigenvalue weighted by Crippen LogP contribution is -2.49. The Morgan fingerprint density at radius 2 is 1.83 bits per heavy atom. The van der Waals surface area contributed by atoms with Crippen LogP contribution in [0.15, 0.2) is 48.5 Å². The van der Waals surface area contributed by atoms with Gasteiger partial charge in [-0.15, -0.1) is 0 Å². The minimum absolute atomic E-state index is 0.255. The quantitative estimate of drug-likeness (QED) is 0.597. The summed E-state index contributed by atoms with van der Waals surface area (Å²) in [6, 6.07) is 11.8. The lowest BCUT2D eigenvalue weighted by Gasteiger charge is -2.30. The van der Waals surface area contributed by atoms with Crippen molar-refractivity contribution in [2.75, 3.05) is 24.2 Å². The van der Waals surface area contributed by atoms with Crippen LogP contribution in [0.3, 0.4) is 0 Å². The van der Waals surface area contributed by atoms with E-state index in [9.17, 15) is 17.6 Å². The number of para-hydroxylation sites is 1. The number of amides is 1. The van der Waals surface area contributed by atoms with E-state index in [1.807, 2.05) is 24.3 Å². The number of ether oxygens (including phenoxy) is 1. The maximum Gasteiger partial charge on any atom is 0.243 e. The van der Waals surface area contributed by atoms with E-state index in [2.05, 4.69) is 5.32 Å². The molecule has 0 aliphatic carbocycles. The average Bonchev–Trinajstić information content (AvgIpc) is 2.69. The highest BCUT2D eigenvalue weighted by atomic mass is 32.2. The Hall–Kier alpha value is -2.61. The topological polar surface area (TPSA) is 75.7 Å². The van der Waals surface area contributed by atoms with Crippen molar-refractivity contribution in [3.8, 4) is 5.75 Å². The van der Waals surface area contributed by atoms with E-state index >= 15 is 0 Å². The van der Waals surface area contributed by atoms with Gasteiger partial charge in [-0.1, -0.05) is 25.1 Å². The van der Waals surface area contributed by atoms with Gasteiger partial charge in [0.25, 0.3) is 0 Å². The Balaban J connectivity index is 2.04. The third-order valence-corrected chi connectivity index (χ3v) is 5.71. The number of carbonyl (C=O) groups is 1. The summed E-state index contributed by atoms with van der Waals surface area (Å²) in [4.78, 5) is 12.7. The van der Waals surface area contributed by atoms with Gasteiger partial charge in [0.2, 0.25) is 15.9 Å². The maximum absolute atomic E-state index is 13.2. The zero-order chi connectivity index (χ0) is 21.4. The van der Waals surface area contributed by atoms with Crippen molar-refractivity contribution < 1.29 is 22.3 Å². The highest BCUT2D eigenvalue weighted by Crippen LogP contribution is 2.23. The molecule has 0 aromatic heterocycles. The van der Waals surface area contributed by atoms with Gasteiger partial charge in [-0.05, 0) is 55.2 Å².